The van der Waals surface area contributed by atoms with E-state index < -0.39 is 17.5 Å². The number of halogens is 3. The fraction of sp³-hybridized carbons (Fsp3) is 0.643. The molecular weight excluding hydrogens is 393 g/mol. The van der Waals surface area contributed by atoms with Crippen molar-refractivity contribution in [2.75, 3.05) is 0 Å². The predicted molar refractivity (Wildman–Crippen MR) is 123 cm³/mol. The van der Waals surface area contributed by atoms with Gasteiger partial charge in [0, 0.05) is 5.39 Å². The number of benzene rings is 2. The van der Waals surface area contributed by atoms with E-state index in [-0.39, 0.29) is 5.39 Å². The highest BCUT2D eigenvalue weighted by Crippen LogP contribution is 2.41. The van der Waals surface area contributed by atoms with Crippen LogP contribution in [0, 0.1) is 35.2 Å². The Morgan fingerprint density at radius 1 is 0.710 bits per heavy atom. The average molecular weight is 431 g/mol. The molecule has 0 amide bonds. The van der Waals surface area contributed by atoms with Gasteiger partial charge in [-0.3, -0.25) is 0 Å². The summed E-state index contributed by atoms with van der Waals surface area (Å²) in [5.41, 5.74) is 1.14. The molecule has 2 aliphatic rings. The summed E-state index contributed by atoms with van der Waals surface area (Å²) in [6.45, 7) is 2.29. The van der Waals surface area contributed by atoms with Crippen LogP contribution < -0.4 is 0 Å². The van der Waals surface area contributed by atoms with Crippen LogP contribution in [0.4, 0.5) is 13.2 Å². The second-order valence-corrected chi connectivity index (χ2v) is 10.3. The van der Waals surface area contributed by atoms with E-state index in [0.29, 0.717) is 11.3 Å². The van der Waals surface area contributed by atoms with Crippen LogP contribution in [0.1, 0.15) is 102 Å². The number of rotatable bonds is 7. The molecule has 170 valence electrons. The molecule has 2 aromatic rings. The molecule has 0 N–H and O–H groups in total. The second kappa shape index (κ2) is 10.4. The molecular formula is C28H37F3. The molecule has 0 radical (unpaired) electrons. The van der Waals surface area contributed by atoms with Crippen molar-refractivity contribution in [2.24, 2.45) is 17.8 Å². The first-order valence-electron chi connectivity index (χ1n) is 12.6. The van der Waals surface area contributed by atoms with Crippen LogP contribution in [-0.4, -0.2) is 0 Å². The molecule has 2 aromatic carbocycles. The molecule has 0 atom stereocenters. The average Bonchev–Trinajstić information content (AvgIpc) is 2.80. The topological polar surface area (TPSA) is 0 Å². The van der Waals surface area contributed by atoms with Crippen molar-refractivity contribution in [3.63, 3.8) is 0 Å². The van der Waals surface area contributed by atoms with Crippen molar-refractivity contribution in [2.45, 2.75) is 96.3 Å². The van der Waals surface area contributed by atoms with Gasteiger partial charge in [-0.25, -0.2) is 13.2 Å². The smallest absolute Gasteiger partial charge is 0.195 e. The van der Waals surface area contributed by atoms with Crippen molar-refractivity contribution < 1.29 is 13.2 Å². The first-order chi connectivity index (χ1) is 15.0. The highest BCUT2D eigenvalue weighted by atomic mass is 19.2. The lowest BCUT2D eigenvalue weighted by Gasteiger charge is -2.32. The Morgan fingerprint density at radius 3 is 1.90 bits per heavy atom. The monoisotopic (exact) mass is 430 g/mol. The largest absolute Gasteiger partial charge is 0.204 e. The highest BCUT2D eigenvalue weighted by Gasteiger charge is 2.26. The lowest BCUT2D eigenvalue weighted by atomic mass is 9.74. The fourth-order valence-corrected chi connectivity index (χ4v) is 6.13. The van der Waals surface area contributed by atoms with Crippen LogP contribution in [0.15, 0.2) is 24.3 Å². The van der Waals surface area contributed by atoms with E-state index in [9.17, 15) is 13.2 Å². The Bertz CT molecular complexity index is 858. The van der Waals surface area contributed by atoms with Crippen LogP contribution in [0.3, 0.4) is 0 Å². The van der Waals surface area contributed by atoms with Crippen LogP contribution in [0.5, 0.6) is 0 Å². The zero-order valence-corrected chi connectivity index (χ0v) is 18.9. The number of unbranched alkanes of at least 4 members (excludes halogenated alkanes) is 1. The van der Waals surface area contributed by atoms with Crippen molar-refractivity contribution >= 4 is 10.8 Å². The van der Waals surface area contributed by atoms with Gasteiger partial charge in [0.05, 0.1) is 0 Å². The molecule has 0 unspecified atom stereocenters. The molecule has 3 heteroatoms. The van der Waals surface area contributed by atoms with Gasteiger partial charge < -0.3 is 0 Å². The third-order valence-corrected chi connectivity index (χ3v) is 8.23. The van der Waals surface area contributed by atoms with Gasteiger partial charge in [0.15, 0.2) is 17.5 Å². The molecule has 0 nitrogen and oxygen atoms in total. The highest BCUT2D eigenvalue weighted by molar-refractivity contribution is 5.84. The SMILES string of the molecule is CCCCC1CCC(CCC2CCC(c3ccc4c(F)c(F)c(F)cc4c3)CC2)CC1. The Balaban J connectivity index is 1.25. The Kier molecular flexibility index (Phi) is 7.61. The van der Waals surface area contributed by atoms with Crippen LogP contribution >= 0.6 is 0 Å². The fourth-order valence-electron chi connectivity index (χ4n) is 6.13. The van der Waals surface area contributed by atoms with E-state index in [1.807, 2.05) is 12.1 Å². The molecule has 0 saturated heterocycles. The molecule has 0 spiro atoms. The summed E-state index contributed by atoms with van der Waals surface area (Å²) in [6, 6.07) is 6.51. The van der Waals surface area contributed by atoms with Gasteiger partial charge in [-0.2, -0.15) is 0 Å². The summed E-state index contributed by atoms with van der Waals surface area (Å²) in [5.74, 6) is -0.345. The minimum absolute atomic E-state index is 0.167. The van der Waals surface area contributed by atoms with Crippen LogP contribution in [-0.2, 0) is 0 Å². The maximum atomic E-state index is 14.0. The molecule has 2 aliphatic carbocycles. The Morgan fingerprint density at radius 2 is 1.29 bits per heavy atom. The molecule has 4 rings (SSSR count). The van der Waals surface area contributed by atoms with Crippen LogP contribution in [0.2, 0.25) is 0 Å². The summed E-state index contributed by atoms with van der Waals surface area (Å²) in [4.78, 5) is 0. The number of hydrogen-bond donors (Lipinski definition) is 0. The molecule has 0 aliphatic heterocycles. The standard InChI is InChI=1S/C28H37F3/c1-2-3-4-19-5-7-20(8-6-19)9-10-21-11-13-22(14-12-21)23-15-16-25-24(17-23)18-26(29)28(31)27(25)30/h15-22H,2-14H2,1H3. The summed E-state index contributed by atoms with van der Waals surface area (Å²) < 4.78 is 41.1. The minimum Gasteiger partial charge on any atom is -0.204 e. The van der Waals surface area contributed by atoms with Gasteiger partial charge in [-0.15, -0.1) is 0 Å². The van der Waals surface area contributed by atoms with Crippen molar-refractivity contribution in [3.8, 4) is 0 Å². The molecule has 31 heavy (non-hydrogen) atoms. The maximum absolute atomic E-state index is 14.0. The Hall–Kier alpha value is -1.51. The van der Waals surface area contributed by atoms with Gasteiger partial charge in [0.2, 0.25) is 0 Å². The van der Waals surface area contributed by atoms with E-state index in [0.717, 1.165) is 42.2 Å². The molecule has 0 bridgehead atoms. The minimum atomic E-state index is -1.38. The van der Waals surface area contributed by atoms with Crippen molar-refractivity contribution in [3.05, 3.63) is 47.3 Å². The Labute approximate surface area is 185 Å². The molecule has 2 saturated carbocycles. The zero-order chi connectivity index (χ0) is 21.8. The summed E-state index contributed by atoms with van der Waals surface area (Å²) >= 11 is 0. The summed E-state index contributed by atoms with van der Waals surface area (Å²) in [6.07, 6.45) is 17.5. The lowest BCUT2D eigenvalue weighted by Crippen LogP contribution is -2.17. The van der Waals surface area contributed by atoms with E-state index in [1.54, 1.807) is 6.07 Å². The maximum Gasteiger partial charge on any atom is 0.195 e. The molecule has 2 fully saturated rings. The first kappa shape index (κ1) is 22.7. The first-order valence-corrected chi connectivity index (χ1v) is 12.6. The van der Waals surface area contributed by atoms with Gasteiger partial charge in [0.25, 0.3) is 0 Å². The zero-order valence-electron chi connectivity index (χ0n) is 18.9. The normalized spacial score (nSPS) is 27.0. The van der Waals surface area contributed by atoms with Crippen molar-refractivity contribution in [1.29, 1.82) is 0 Å². The third kappa shape index (κ3) is 5.46. The number of fused-ring (bicyclic) bond motifs is 1. The van der Waals surface area contributed by atoms with Crippen molar-refractivity contribution in [1.82, 2.24) is 0 Å². The quantitative estimate of drug-likeness (QED) is 0.384. The van der Waals surface area contributed by atoms with E-state index >= 15 is 0 Å². The van der Waals surface area contributed by atoms with Gasteiger partial charge in [-0.1, -0.05) is 82.9 Å². The molecule has 0 aromatic heterocycles. The summed E-state index contributed by atoms with van der Waals surface area (Å²) in [7, 11) is 0. The van der Waals surface area contributed by atoms with Gasteiger partial charge >= 0.3 is 0 Å². The summed E-state index contributed by atoms with van der Waals surface area (Å²) in [5, 5.41) is 0.631. The van der Waals surface area contributed by atoms with E-state index in [2.05, 4.69) is 6.92 Å². The molecule has 0 heterocycles. The van der Waals surface area contributed by atoms with Crippen LogP contribution in [0.25, 0.3) is 10.8 Å². The lowest BCUT2D eigenvalue weighted by molar-refractivity contribution is 0.223. The van der Waals surface area contributed by atoms with E-state index in [4.69, 9.17) is 0 Å². The van der Waals surface area contributed by atoms with E-state index in [1.165, 1.54) is 70.6 Å². The second-order valence-electron chi connectivity index (χ2n) is 10.3. The van der Waals surface area contributed by atoms with Gasteiger partial charge in [-0.05, 0) is 66.4 Å². The predicted octanol–water partition coefficient (Wildman–Crippen LogP) is 9.31. The van der Waals surface area contributed by atoms with Gasteiger partial charge in [0.1, 0.15) is 0 Å². The number of hydrogen-bond acceptors (Lipinski definition) is 0. The third-order valence-electron chi connectivity index (χ3n) is 8.23.